The summed E-state index contributed by atoms with van der Waals surface area (Å²) >= 11 is 0. The number of nitrogens with zero attached hydrogens (tertiary/aromatic N) is 1. The quantitative estimate of drug-likeness (QED) is 0.781. The molecule has 0 bridgehead atoms. The molecule has 15 heavy (non-hydrogen) atoms. The molecule has 90 valence electrons. The second kappa shape index (κ2) is 5.70. The summed E-state index contributed by atoms with van der Waals surface area (Å²) in [7, 11) is 0. The smallest absolute Gasteiger partial charge is 0.251 e. The fourth-order valence-corrected chi connectivity index (χ4v) is 2.06. The van der Waals surface area contributed by atoms with Crippen LogP contribution in [0.3, 0.4) is 0 Å². The van der Waals surface area contributed by atoms with Gasteiger partial charge >= 0.3 is 0 Å². The molecule has 5 heteroatoms. The van der Waals surface area contributed by atoms with Gasteiger partial charge in [-0.25, -0.2) is 13.2 Å². The van der Waals surface area contributed by atoms with Crippen LogP contribution >= 0.6 is 0 Å². The van der Waals surface area contributed by atoms with E-state index >= 15 is 0 Å². The Morgan fingerprint density at radius 2 is 2.00 bits per heavy atom. The van der Waals surface area contributed by atoms with Crippen LogP contribution < -0.4 is 5.32 Å². The van der Waals surface area contributed by atoms with E-state index < -0.39 is 12.6 Å². The maximum atomic E-state index is 13.3. The maximum absolute atomic E-state index is 13.3. The summed E-state index contributed by atoms with van der Waals surface area (Å²) in [5.74, 6) is 0. The topological polar surface area (TPSA) is 15.3 Å². The first-order chi connectivity index (χ1) is 6.97. The predicted octanol–water partition coefficient (Wildman–Crippen LogP) is 1.66. The number of rotatable bonds is 4. The molecule has 0 radical (unpaired) electrons. The second-order valence-electron chi connectivity index (χ2n) is 4.46. The van der Waals surface area contributed by atoms with Gasteiger partial charge in [0.2, 0.25) is 0 Å². The molecule has 1 N–H and O–H groups in total. The Morgan fingerprint density at radius 1 is 1.33 bits per heavy atom. The van der Waals surface area contributed by atoms with Gasteiger partial charge in [0, 0.05) is 25.2 Å². The van der Waals surface area contributed by atoms with E-state index in [1.54, 1.807) is 0 Å². The molecule has 1 aliphatic rings. The van der Waals surface area contributed by atoms with Crippen molar-refractivity contribution < 1.29 is 13.2 Å². The summed E-state index contributed by atoms with van der Waals surface area (Å²) in [4.78, 5) is 1.50. The zero-order valence-electron chi connectivity index (χ0n) is 9.22. The number of hydrogen-bond acceptors (Lipinski definition) is 2. The lowest BCUT2D eigenvalue weighted by Gasteiger charge is -2.35. The summed E-state index contributed by atoms with van der Waals surface area (Å²) in [6.07, 6.45) is -2.94. The molecule has 0 aromatic heterocycles. The van der Waals surface area contributed by atoms with Gasteiger partial charge in [0.1, 0.15) is 6.17 Å². The van der Waals surface area contributed by atoms with Gasteiger partial charge in [0.05, 0.1) is 6.54 Å². The lowest BCUT2D eigenvalue weighted by molar-refractivity contribution is 0.0437. The van der Waals surface area contributed by atoms with Crippen LogP contribution in [0.1, 0.15) is 20.3 Å². The minimum absolute atomic E-state index is 0.00694. The minimum atomic E-state index is -2.38. The molecule has 0 saturated carbocycles. The van der Waals surface area contributed by atoms with Crippen LogP contribution in [0.5, 0.6) is 0 Å². The molecule has 2 atom stereocenters. The average Bonchev–Trinajstić information content (AvgIpc) is 1.98. The van der Waals surface area contributed by atoms with E-state index in [4.69, 9.17) is 0 Å². The van der Waals surface area contributed by atoms with Crippen molar-refractivity contribution in [3.8, 4) is 0 Å². The highest BCUT2D eigenvalue weighted by Gasteiger charge is 2.28. The monoisotopic (exact) mass is 224 g/mol. The number of alkyl halides is 3. The van der Waals surface area contributed by atoms with Crippen molar-refractivity contribution in [1.29, 1.82) is 0 Å². The van der Waals surface area contributed by atoms with E-state index in [-0.39, 0.29) is 25.2 Å². The molecule has 1 aliphatic heterocycles. The van der Waals surface area contributed by atoms with E-state index in [0.717, 1.165) is 0 Å². The number of piperidine rings is 1. The largest absolute Gasteiger partial charge is 0.310 e. The van der Waals surface area contributed by atoms with E-state index in [9.17, 15) is 13.2 Å². The molecule has 0 spiro atoms. The van der Waals surface area contributed by atoms with Gasteiger partial charge in [-0.3, -0.25) is 4.90 Å². The summed E-state index contributed by atoms with van der Waals surface area (Å²) in [5, 5.41) is 3.19. The SMILES string of the molecule is CC(C)NC1CC(F)CN(CC(F)F)C1. The first-order valence-electron chi connectivity index (χ1n) is 5.38. The van der Waals surface area contributed by atoms with Gasteiger partial charge in [-0.1, -0.05) is 13.8 Å². The number of halogens is 3. The predicted molar refractivity (Wildman–Crippen MR) is 54.0 cm³/mol. The van der Waals surface area contributed by atoms with Gasteiger partial charge < -0.3 is 5.32 Å². The van der Waals surface area contributed by atoms with Crippen molar-refractivity contribution in [3.05, 3.63) is 0 Å². The molecule has 0 aromatic carbocycles. The van der Waals surface area contributed by atoms with Crippen LogP contribution in [0.4, 0.5) is 13.2 Å². The Kier molecular flexibility index (Phi) is 4.86. The van der Waals surface area contributed by atoms with E-state index in [1.807, 2.05) is 13.8 Å². The van der Waals surface area contributed by atoms with Gasteiger partial charge in [0.25, 0.3) is 6.43 Å². The third-order valence-corrected chi connectivity index (χ3v) is 2.44. The Hall–Kier alpha value is -0.290. The minimum Gasteiger partial charge on any atom is -0.310 e. The first kappa shape index (κ1) is 12.8. The Labute approximate surface area is 88.8 Å². The van der Waals surface area contributed by atoms with Crippen molar-refractivity contribution in [3.63, 3.8) is 0 Å². The first-order valence-corrected chi connectivity index (χ1v) is 5.38. The van der Waals surface area contributed by atoms with Crippen LogP contribution in [0.15, 0.2) is 0 Å². The molecule has 0 aliphatic carbocycles. The highest BCUT2D eigenvalue weighted by molar-refractivity contribution is 4.84. The molecule has 1 heterocycles. The third kappa shape index (κ3) is 4.84. The van der Waals surface area contributed by atoms with E-state index in [2.05, 4.69) is 5.32 Å². The fraction of sp³-hybridized carbons (Fsp3) is 1.00. The molecule has 1 fully saturated rings. The van der Waals surface area contributed by atoms with Gasteiger partial charge in [-0.05, 0) is 6.42 Å². The van der Waals surface area contributed by atoms with Gasteiger partial charge in [-0.2, -0.15) is 0 Å². The number of hydrogen-bond donors (Lipinski definition) is 1. The molecule has 1 rings (SSSR count). The van der Waals surface area contributed by atoms with Crippen molar-refractivity contribution in [2.45, 2.75) is 44.9 Å². The summed E-state index contributed by atoms with van der Waals surface area (Å²) < 4.78 is 37.6. The van der Waals surface area contributed by atoms with Crippen LogP contribution in [0.25, 0.3) is 0 Å². The summed E-state index contributed by atoms with van der Waals surface area (Å²) in [5.41, 5.74) is 0. The average molecular weight is 224 g/mol. The molecule has 2 nitrogen and oxygen atoms in total. The normalized spacial score (nSPS) is 29.0. The number of nitrogens with one attached hydrogen (secondary N) is 1. The highest BCUT2D eigenvalue weighted by atomic mass is 19.3. The Bertz CT molecular complexity index is 166. The van der Waals surface area contributed by atoms with Gasteiger partial charge in [0.15, 0.2) is 0 Å². The lowest BCUT2D eigenvalue weighted by Crippen LogP contribution is -2.52. The zero-order chi connectivity index (χ0) is 11.4. The van der Waals surface area contributed by atoms with Gasteiger partial charge in [-0.15, -0.1) is 0 Å². The Morgan fingerprint density at radius 3 is 2.53 bits per heavy atom. The zero-order valence-corrected chi connectivity index (χ0v) is 9.22. The molecule has 0 amide bonds. The molecular weight excluding hydrogens is 205 g/mol. The standard InChI is InChI=1S/C10H19F3N2/c1-7(2)14-9-3-8(11)4-15(5-9)6-10(12)13/h7-10,14H,3-6H2,1-2H3. The summed E-state index contributed by atoms with van der Waals surface area (Å²) in [6, 6.07) is 0.251. The highest BCUT2D eigenvalue weighted by Crippen LogP contribution is 2.15. The lowest BCUT2D eigenvalue weighted by atomic mass is 10.0. The molecule has 2 unspecified atom stereocenters. The van der Waals surface area contributed by atoms with E-state index in [1.165, 1.54) is 4.90 Å². The number of likely N-dealkylation sites (tertiary alicyclic amines) is 1. The van der Waals surface area contributed by atoms with Crippen molar-refractivity contribution in [1.82, 2.24) is 10.2 Å². The second-order valence-corrected chi connectivity index (χ2v) is 4.46. The molecule has 0 aromatic rings. The van der Waals surface area contributed by atoms with Crippen molar-refractivity contribution in [2.75, 3.05) is 19.6 Å². The van der Waals surface area contributed by atoms with E-state index in [0.29, 0.717) is 13.0 Å². The third-order valence-electron chi connectivity index (χ3n) is 2.44. The Balaban J connectivity index is 2.41. The molecular formula is C10H19F3N2. The van der Waals surface area contributed by atoms with Crippen molar-refractivity contribution in [2.24, 2.45) is 0 Å². The molecule has 1 saturated heterocycles. The van der Waals surface area contributed by atoms with Crippen LogP contribution in [-0.4, -0.2) is 49.2 Å². The van der Waals surface area contributed by atoms with Crippen LogP contribution in [0, 0.1) is 0 Å². The van der Waals surface area contributed by atoms with Crippen LogP contribution in [-0.2, 0) is 0 Å². The summed E-state index contributed by atoms with van der Waals surface area (Å²) in [6.45, 7) is 4.28. The fourth-order valence-electron chi connectivity index (χ4n) is 2.06. The van der Waals surface area contributed by atoms with Crippen molar-refractivity contribution >= 4 is 0 Å². The van der Waals surface area contributed by atoms with Crippen LogP contribution in [0.2, 0.25) is 0 Å². The maximum Gasteiger partial charge on any atom is 0.251 e.